The van der Waals surface area contributed by atoms with Gasteiger partial charge < -0.3 is 0 Å². The average molecular weight is 445 g/mol. The molecule has 0 atom stereocenters. The molecular formula is C23H17BrN4O. The van der Waals surface area contributed by atoms with Crippen LogP contribution in [0, 0.1) is 0 Å². The molecular weight excluding hydrogens is 428 g/mol. The summed E-state index contributed by atoms with van der Waals surface area (Å²) in [6.45, 7) is 0. The molecule has 3 aromatic carbocycles. The number of para-hydroxylation sites is 1. The maximum absolute atomic E-state index is 12.3. The molecule has 6 heteroatoms. The van der Waals surface area contributed by atoms with E-state index in [1.54, 1.807) is 29.1 Å². The number of halogens is 1. The van der Waals surface area contributed by atoms with E-state index in [1.807, 2.05) is 72.9 Å². The van der Waals surface area contributed by atoms with E-state index in [2.05, 4.69) is 26.5 Å². The standard InChI is InChI=1S/C23H17BrN4O/c24-20-11-7-10-18(14-20)23(29)26-25-15-19-16-28(21-12-5-2-6-13-21)27-22(19)17-8-3-1-4-9-17/h1-16H,(H,26,29)/b25-15-. The number of aromatic nitrogens is 2. The van der Waals surface area contributed by atoms with Gasteiger partial charge in [0.15, 0.2) is 0 Å². The third kappa shape index (κ3) is 4.50. The molecule has 1 heterocycles. The summed E-state index contributed by atoms with van der Waals surface area (Å²) in [6.07, 6.45) is 3.51. The lowest BCUT2D eigenvalue weighted by Crippen LogP contribution is -2.17. The smallest absolute Gasteiger partial charge is 0.267 e. The summed E-state index contributed by atoms with van der Waals surface area (Å²) in [5, 5.41) is 8.87. The molecule has 1 N–H and O–H groups in total. The van der Waals surface area contributed by atoms with Crippen LogP contribution in [0.3, 0.4) is 0 Å². The van der Waals surface area contributed by atoms with E-state index >= 15 is 0 Å². The molecule has 0 bridgehead atoms. The van der Waals surface area contributed by atoms with E-state index < -0.39 is 0 Å². The Kier molecular flexibility index (Phi) is 5.63. The first-order valence-electron chi connectivity index (χ1n) is 9.00. The van der Waals surface area contributed by atoms with Crippen molar-refractivity contribution in [3.63, 3.8) is 0 Å². The highest BCUT2D eigenvalue weighted by molar-refractivity contribution is 9.10. The van der Waals surface area contributed by atoms with Crippen LogP contribution < -0.4 is 5.43 Å². The zero-order valence-electron chi connectivity index (χ0n) is 15.4. The number of nitrogens with one attached hydrogen (secondary N) is 1. The van der Waals surface area contributed by atoms with Crippen molar-refractivity contribution in [1.29, 1.82) is 0 Å². The van der Waals surface area contributed by atoms with Gasteiger partial charge in [0.05, 0.1) is 11.9 Å². The maximum Gasteiger partial charge on any atom is 0.271 e. The normalized spacial score (nSPS) is 10.9. The Morgan fingerprint density at radius 3 is 2.41 bits per heavy atom. The predicted molar refractivity (Wildman–Crippen MR) is 118 cm³/mol. The molecule has 0 radical (unpaired) electrons. The first-order valence-corrected chi connectivity index (χ1v) is 9.79. The lowest BCUT2D eigenvalue weighted by atomic mass is 10.1. The second-order valence-electron chi connectivity index (χ2n) is 6.29. The average Bonchev–Trinajstić information content (AvgIpc) is 3.19. The number of carbonyl (C=O) groups excluding carboxylic acids is 1. The SMILES string of the molecule is O=C(N/N=C\c1cn(-c2ccccc2)nc1-c1ccccc1)c1cccc(Br)c1. The molecule has 142 valence electrons. The van der Waals surface area contributed by atoms with E-state index in [4.69, 9.17) is 5.10 Å². The van der Waals surface area contributed by atoms with Gasteiger partial charge in [-0.3, -0.25) is 4.79 Å². The molecule has 29 heavy (non-hydrogen) atoms. The van der Waals surface area contributed by atoms with Crippen molar-refractivity contribution in [3.8, 4) is 16.9 Å². The molecule has 5 nitrogen and oxygen atoms in total. The van der Waals surface area contributed by atoms with Gasteiger partial charge in [0, 0.05) is 27.4 Å². The molecule has 4 rings (SSSR count). The third-order valence-electron chi connectivity index (χ3n) is 4.27. The van der Waals surface area contributed by atoms with E-state index in [0.717, 1.165) is 27.0 Å². The summed E-state index contributed by atoms with van der Waals surface area (Å²) in [6, 6.07) is 26.9. The Hall–Kier alpha value is -3.51. The van der Waals surface area contributed by atoms with Gasteiger partial charge in [-0.25, -0.2) is 10.1 Å². The van der Waals surface area contributed by atoms with Crippen LogP contribution in [0.15, 0.2) is 101 Å². The summed E-state index contributed by atoms with van der Waals surface area (Å²) < 4.78 is 2.64. The summed E-state index contributed by atoms with van der Waals surface area (Å²) >= 11 is 3.37. The number of carbonyl (C=O) groups is 1. The van der Waals surface area contributed by atoms with Crippen molar-refractivity contribution in [1.82, 2.24) is 15.2 Å². The lowest BCUT2D eigenvalue weighted by molar-refractivity contribution is 0.0955. The predicted octanol–water partition coefficient (Wildman–Crippen LogP) is 5.07. The Balaban J connectivity index is 1.62. The van der Waals surface area contributed by atoms with Gasteiger partial charge in [0.2, 0.25) is 0 Å². The molecule has 1 aromatic heterocycles. The van der Waals surface area contributed by atoms with Gasteiger partial charge in [-0.2, -0.15) is 10.2 Å². The Morgan fingerprint density at radius 1 is 0.966 bits per heavy atom. The van der Waals surface area contributed by atoms with E-state index in [1.165, 1.54) is 0 Å². The minimum absolute atomic E-state index is 0.278. The van der Waals surface area contributed by atoms with Crippen LogP contribution in [-0.4, -0.2) is 21.9 Å². The second kappa shape index (κ2) is 8.67. The van der Waals surface area contributed by atoms with Crippen LogP contribution in [-0.2, 0) is 0 Å². The van der Waals surface area contributed by atoms with Gasteiger partial charge in [0.25, 0.3) is 5.91 Å². The lowest BCUT2D eigenvalue weighted by Gasteiger charge is -2.01. The molecule has 1 amide bonds. The number of amides is 1. The Labute approximate surface area is 176 Å². The van der Waals surface area contributed by atoms with Gasteiger partial charge >= 0.3 is 0 Å². The number of rotatable bonds is 5. The highest BCUT2D eigenvalue weighted by Crippen LogP contribution is 2.22. The van der Waals surface area contributed by atoms with Crippen LogP contribution >= 0.6 is 15.9 Å². The fraction of sp³-hybridized carbons (Fsp3) is 0. The molecule has 0 unspecified atom stereocenters. The summed E-state index contributed by atoms with van der Waals surface area (Å²) in [5.74, 6) is -0.278. The molecule has 0 saturated heterocycles. The fourth-order valence-corrected chi connectivity index (χ4v) is 3.27. The minimum Gasteiger partial charge on any atom is -0.267 e. The van der Waals surface area contributed by atoms with E-state index in [0.29, 0.717) is 5.56 Å². The van der Waals surface area contributed by atoms with Crippen molar-refractivity contribution < 1.29 is 4.79 Å². The van der Waals surface area contributed by atoms with Crippen molar-refractivity contribution >= 4 is 28.1 Å². The van der Waals surface area contributed by atoms with Crippen LogP contribution in [0.1, 0.15) is 15.9 Å². The second-order valence-corrected chi connectivity index (χ2v) is 7.20. The zero-order valence-corrected chi connectivity index (χ0v) is 17.0. The van der Waals surface area contributed by atoms with E-state index in [-0.39, 0.29) is 5.91 Å². The number of hydrazone groups is 1. The molecule has 0 aliphatic carbocycles. The molecule has 0 aliphatic heterocycles. The number of hydrogen-bond donors (Lipinski definition) is 1. The third-order valence-corrected chi connectivity index (χ3v) is 4.76. The number of benzene rings is 3. The monoisotopic (exact) mass is 444 g/mol. The van der Waals surface area contributed by atoms with Gasteiger partial charge in [-0.15, -0.1) is 0 Å². The van der Waals surface area contributed by atoms with Crippen molar-refractivity contribution in [2.75, 3.05) is 0 Å². The highest BCUT2D eigenvalue weighted by atomic mass is 79.9. The first kappa shape index (κ1) is 18.8. The fourth-order valence-electron chi connectivity index (χ4n) is 2.87. The zero-order chi connectivity index (χ0) is 20.1. The maximum atomic E-state index is 12.3. The molecule has 0 aliphatic rings. The highest BCUT2D eigenvalue weighted by Gasteiger charge is 2.11. The number of nitrogens with zero attached hydrogens (tertiary/aromatic N) is 3. The van der Waals surface area contributed by atoms with Crippen LogP contribution in [0.25, 0.3) is 16.9 Å². The molecule has 0 saturated carbocycles. The van der Waals surface area contributed by atoms with Gasteiger partial charge in [0.1, 0.15) is 5.69 Å². The van der Waals surface area contributed by atoms with Crippen molar-refractivity contribution in [3.05, 3.63) is 107 Å². The van der Waals surface area contributed by atoms with E-state index in [9.17, 15) is 4.79 Å². The first-order chi connectivity index (χ1) is 14.2. The minimum atomic E-state index is -0.278. The summed E-state index contributed by atoms with van der Waals surface area (Å²) in [5.41, 5.74) is 6.61. The Bertz CT molecular complexity index is 1150. The molecule has 0 spiro atoms. The van der Waals surface area contributed by atoms with Gasteiger partial charge in [-0.05, 0) is 30.3 Å². The van der Waals surface area contributed by atoms with Crippen LogP contribution in [0.2, 0.25) is 0 Å². The van der Waals surface area contributed by atoms with Crippen LogP contribution in [0.5, 0.6) is 0 Å². The summed E-state index contributed by atoms with van der Waals surface area (Å²) in [7, 11) is 0. The van der Waals surface area contributed by atoms with Crippen LogP contribution in [0.4, 0.5) is 0 Å². The number of hydrogen-bond acceptors (Lipinski definition) is 3. The van der Waals surface area contributed by atoms with Crippen molar-refractivity contribution in [2.24, 2.45) is 5.10 Å². The Morgan fingerprint density at radius 2 is 1.69 bits per heavy atom. The molecule has 4 aromatic rings. The summed E-state index contributed by atoms with van der Waals surface area (Å²) in [4.78, 5) is 12.3. The van der Waals surface area contributed by atoms with Crippen molar-refractivity contribution in [2.45, 2.75) is 0 Å². The largest absolute Gasteiger partial charge is 0.271 e. The topological polar surface area (TPSA) is 59.3 Å². The quantitative estimate of drug-likeness (QED) is 0.345. The van der Waals surface area contributed by atoms with Gasteiger partial charge in [-0.1, -0.05) is 70.5 Å². The molecule has 0 fully saturated rings.